The van der Waals surface area contributed by atoms with Crippen LogP contribution in [0.4, 0.5) is 0 Å². The number of nitrogens with zero attached hydrogens (tertiary/aromatic N) is 2. The Hall–Kier alpha value is -1.10. The average Bonchev–Trinajstić information content (AvgIpc) is 3.08. The number of hydrogen-bond donors (Lipinski definition) is 0. The number of halogens is 1. The first-order chi connectivity index (χ1) is 10.7. The highest BCUT2D eigenvalue weighted by Gasteiger charge is 2.51. The predicted octanol–water partition coefficient (Wildman–Crippen LogP) is 3.33. The van der Waals surface area contributed by atoms with E-state index in [-0.39, 0.29) is 5.91 Å². The number of hydrogen-bond acceptors (Lipinski definition) is 3. The molecular weight excluding hydrogens is 316 g/mol. The molecule has 1 amide bonds. The van der Waals surface area contributed by atoms with Crippen LogP contribution in [0.2, 0.25) is 5.02 Å². The van der Waals surface area contributed by atoms with E-state index in [9.17, 15) is 4.79 Å². The van der Waals surface area contributed by atoms with Crippen molar-refractivity contribution in [3.8, 4) is 0 Å². The molecule has 4 atom stereocenters. The monoisotopic (exact) mass is 332 g/mol. The standard InChI is InChI=1S/C17H17ClN2OS/c18-13-2-1-3-15-12(13)6-16(22-15)17(21)20-8-10-7-19-5-4-11(10)14(20)9-19/h1-3,6,10-11,14H,4-5,7-9H2. The number of carbonyl (C=O) groups excluding carboxylic acids is 1. The van der Waals surface area contributed by atoms with E-state index < -0.39 is 0 Å². The molecule has 0 spiro atoms. The zero-order valence-corrected chi connectivity index (χ0v) is 13.7. The van der Waals surface area contributed by atoms with E-state index in [4.69, 9.17) is 11.6 Å². The number of carbonyl (C=O) groups is 1. The summed E-state index contributed by atoms with van der Waals surface area (Å²) >= 11 is 7.82. The Bertz CT molecular complexity index is 773. The molecule has 4 aliphatic heterocycles. The molecule has 6 rings (SSSR count). The van der Waals surface area contributed by atoms with Gasteiger partial charge in [-0.1, -0.05) is 17.7 Å². The maximum absolute atomic E-state index is 13.0. The van der Waals surface area contributed by atoms with Crippen molar-refractivity contribution < 1.29 is 4.79 Å². The Kier molecular flexibility index (Phi) is 2.85. The summed E-state index contributed by atoms with van der Waals surface area (Å²) in [7, 11) is 0. The second-order valence-electron chi connectivity index (χ2n) is 6.76. The van der Waals surface area contributed by atoms with E-state index in [2.05, 4.69) is 9.80 Å². The number of benzene rings is 1. The van der Waals surface area contributed by atoms with Crippen LogP contribution in [0.3, 0.4) is 0 Å². The molecule has 3 nitrogen and oxygen atoms in total. The number of fused-ring (bicyclic) bond motifs is 2. The Balaban J connectivity index is 1.50. The summed E-state index contributed by atoms with van der Waals surface area (Å²) in [6.07, 6.45) is 1.26. The molecule has 22 heavy (non-hydrogen) atoms. The van der Waals surface area contributed by atoms with Crippen LogP contribution in [0.25, 0.3) is 10.1 Å². The van der Waals surface area contributed by atoms with Crippen LogP contribution in [-0.4, -0.2) is 47.9 Å². The molecule has 4 unspecified atom stereocenters. The highest BCUT2D eigenvalue weighted by molar-refractivity contribution is 7.20. The van der Waals surface area contributed by atoms with Crippen molar-refractivity contribution in [3.63, 3.8) is 0 Å². The van der Waals surface area contributed by atoms with Gasteiger partial charge in [0.05, 0.1) is 4.88 Å². The highest BCUT2D eigenvalue weighted by atomic mass is 35.5. The topological polar surface area (TPSA) is 23.6 Å². The van der Waals surface area contributed by atoms with Gasteiger partial charge in [-0.05, 0) is 43.0 Å². The van der Waals surface area contributed by atoms with E-state index in [0.29, 0.717) is 12.0 Å². The maximum atomic E-state index is 13.0. The van der Waals surface area contributed by atoms with E-state index in [1.54, 1.807) is 11.3 Å². The molecule has 1 aromatic heterocycles. The Morgan fingerprint density at radius 1 is 1.27 bits per heavy atom. The molecule has 4 saturated heterocycles. The average molecular weight is 333 g/mol. The lowest BCUT2D eigenvalue weighted by Crippen LogP contribution is -2.54. The number of rotatable bonds is 1. The Labute approximate surface area is 138 Å². The Morgan fingerprint density at radius 2 is 2.18 bits per heavy atom. The van der Waals surface area contributed by atoms with E-state index >= 15 is 0 Å². The smallest absolute Gasteiger partial charge is 0.264 e. The third-order valence-electron chi connectivity index (χ3n) is 5.63. The van der Waals surface area contributed by atoms with E-state index in [0.717, 1.165) is 39.0 Å². The van der Waals surface area contributed by atoms with Gasteiger partial charge in [0, 0.05) is 40.8 Å². The molecule has 0 aliphatic carbocycles. The minimum Gasteiger partial charge on any atom is -0.333 e. The van der Waals surface area contributed by atoms with Gasteiger partial charge in [-0.25, -0.2) is 0 Å². The van der Waals surface area contributed by atoms with Crippen LogP contribution >= 0.6 is 22.9 Å². The molecule has 1 aromatic carbocycles. The number of thiophene rings is 1. The lowest BCUT2D eigenvalue weighted by Gasteiger charge is -2.44. The van der Waals surface area contributed by atoms with Gasteiger partial charge in [-0.3, -0.25) is 4.79 Å². The molecule has 5 heteroatoms. The lowest BCUT2D eigenvalue weighted by atomic mass is 9.80. The largest absolute Gasteiger partial charge is 0.333 e. The normalized spacial score (nSPS) is 32.9. The minimum atomic E-state index is 0.207. The van der Waals surface area contributed by atoms with Crippen molar-refractivity contribution >= 4 is 38.9 Å². The van der Waals surface area contributed by atoms with Crippen LogP contribution in [0.5, 0.6) is 0 Å². The van der Waals surface area contributed by atoms with Crippen LogP contribution in [0.1, 0.15) is 16.1 Å². The molecule has 4 aliphatic rings. The van der Waals surface area contributed by atoms with Crippen molar-refractivity contribution in [2.45, 2.75) is 12.5 Å². The molecule has 0 saturated carbocycles. The zero-order chi connectivity index (χ0) is 14.8. The third-order valence-corrected chi connectivity index (χ3v) is 7.05. The van der Waals surface area contributed by atoms with Gasteiger partial charge in [0.2, 0.25) is 0 Å². The van der Waals surface area contributed by atoms with Crippen molar-refractivity contribution in [1.82, 2.24) is 9.80 Å². The fourth-order valence-corrected chi connectivity index (χ4v) is 5.94. The number of piperidine rings is 3. The predicted molar refractivity (Wildman–Crippen MR) is 89.7 cm³/mol. The molecule has 114 valence electrons. The number of amides is 1. The lowest BCUT2D eigenvalue weighted by molar-refractivity contribution is 0.0425. The van der Waals surface area contributed by atoms with Gasteiger partial charge >= 0.3 is 0 Å². The molecule has 4 fully saturated rings. The molecule has 4 bridgehead atoms. The second-order valence-corrected chi connectivity index (χ2v) is 8.25. The third kappa shape index (κ3) is 1.81. The summed E-state index contributed by atoms with van der Waals surface area (Å²) in [5.41, 5.74) is 0. The van der Waals surface area contributed by atoms with Crippen LogP contribution < -0.4 is 0 Å². The van der Waals surface area contributed by atoms with Crippen molar-refractivity contribution in [1.29, 1.82) is 0 Å². The van der Waals surface area contributed by atoms with Crippen molar-refractivity contribution in [2.24, 2.45) is 11.8 Å². The summed E-state index contributed by atoms with van der Waals surface area (Å²) in [6, 6.07) is 8.29. The van der Waals surface area contributed by atoms with Crippen LogP contribution in [-0.2, 0) is 0 Å². The molecule has 5 heterocycles. The van der Waals surface area contributed by atoms with Gasteiger partial charge in [-0.15, -0.1) is 11.3 Å². The summed E-state index contributed by atoms with van der Waals surface area (Å²) in [5.74, 6) is 1.62. The number of likely N-dealkylation sites (tertiary alicyclic amines) is 1. The van der Waals surface area contributed by atoms with Gasteiger partial charge in [0.1, 0.15) is 0 Å². The fraction of sp³-hybridized carbons (Fsp3) is 0.471. The summed E-state index contributed by atoms with van der Waals surface area (Å²) in [6.45, 7) is 4.41. The van der Waals surface area contributed by atoms with Gasteiger partial charge in [-0.2, -0.15) is 0 Å². The summed E-state index contributed by atoms with van der Waals surface area (Å²) < 4.78 is 1.10. The second kappa shape index (κ2) is 4.70. The van der Waals surface area contributed by atoms with Gasteiger partial charge < -0.3 is 9.80 Å². The van der Waals surface area contributed by atoms with Crippen LogP contribution in [0, 0.1) is 11.8 Å². The van der Waals surface area contributed by atoms with Crippen LogP contribution in [0.15, 0.2) is 24.3 Å². The fourth-order valence-electron chi connectivity index (χ4n) is 4.61. The quantitative estimate of drug-likeness (QED) is 0.799. The van der Waals surface area contributed by atoms with Crippen molar-refractivity contribution in [2.75, 3.05) is 26.2 Å². The highest BCUT2D eigenvalue weighted by Crippen LogP contribution is 2.42. The van der Waals surface area contributed by atoms with E-state index in [1.807, 2.05) is 24.3 Å². The first kappa shape index (κ1) is 13.3. The zero-order valence-electron chi connectivity index (χ0n) is 12.2. The SMILES string of the molecule is O=C(c1cc2c(Cl)cccc2s1)N1CC2CN3CCC2C1C3. The Morgan fingerprint density at radius 3 is 2.95 bits per heavy atom. The van der Waals surface area contributed by atoms with Gasteiger partial charge in [0.15, 0.2) is 0 Å². The minimum absolute atomic E-state index is 0.207. The molecule has 0 N–H and O–H groups in total. The van der Waals surface area contributed by atoms with E-state index in [1.165, 1.54) is 19.5 Å². The van der Waals surface area contributed by atoms with Gasteiger partial charge in [0.25, 0.3) is 5.91 Å². The first-order valence-electron chi connectivity index (χ1n) is 7.92. The summed E-state index contributed by atoms with van der Waals surface area (Å²) in [4.78, 5) is 18.5. The maximum Gasteiger partial charge on any atom is 0.264 e. The molecular formula is C17H17ClN2OS. The van der Waals surface area contributed by atoms with Crippen molar-refractivity contribution in [3.05, 3.63) is 34.2 Å². The molecule has 0 radical (unpaired) electrons. The molecule has 2 aromatic rings. The summed E-state index contributed by atoms with van der Waals surface area (Å²) in [5, 5.41) is 1.74. The first-order valence-corrected chi connectivity index (χ1v) is 9.11.